The van der Waals surface area contributed by atoms with Crippen LogP contribution < -0.4 is 15.8 Å². The molecule has 0 saturated carbocycles. The number of hydrogen-bond donors (Lipinski definition) is 2. The van der Waals surface area contributed by atoms with E-state index in [1.165, 1.54) is 0 Å². The number of nitrogens with one attached hydrogen (secondary N) is 1. The molecule has 0 bridgehead atoms. The second-order valence-electron chi connectivity index (χ2n) is 3.29. The Balaban J connectivity index is 2.05. The molecule has 2 heterocycles. The number of ether oxygens (including phenoxy) is 1. The summed E-state index contributed by atoms with van der Waals surface area (Å²) in [4.78, 5) is 4.12. The van der Waals surface area contributed by atoms with Gasteiger partial charge in [0.2, 0.25) is 5.88 Å². The Morgan fingerprint density at radius 2 is 2.12 bits per heavy atom. The van der Waals surface area contributed by atoms with Crippen LogP contribution in [0.2, 0.25) is 0 Å². The zero-order valence-corrected chi connectivity index (χ0v) is 9.42. The molecule has 0 saturated heterocycles. The van der Waals surface area contributed by atoms with Gasteiger partial charge in [-0.25, -0.2) is 4.98 Å². The Kier molecular flexibility index (Phi) is 3.34. The molecule has 0 aliphatic carbocycles. The summed E-state index contributed by atoms with van der Waals surface area (Å²) in [6, 6.07) is 7.07. The van der Waals surface area contributed by atoms with Gasteiger partial charge in [0, 0.05) is 6.07 Å². The first-order valence-corrected chi connectivity index (χ1v) is 5.23. The highest BCUT2D eigenvalue weighted by atomic mass is 16.5. The minimum Gasteiger partial charge on any atom is -0.478 e. The summed E-state index contributed by atoms with van der Waals surface area (Å²) in [6.45, 7) is 2.51. The van der Waals surface area contributed by atoms with Crippen molar-refractivity contribution in [2.45, 2.75) is 6.92 Å². The lowest BCUT2D eigenvalue weighted by molar-refractivity contribution is 0.327. The molecule has 0 radical (unpaired) electrons. The summed E-state index contributed by atoms with van der Waals surface area (Å²) in [7, 11) is 0. The molecule has 0 aromatic carbocycles. The number of rotatable bonds is 4. The normalized spacial score (nSPS) is 9.94. The average molecular weight is 231 g/mol. The van der Waals surface area contributed by atoms with Crippen LogP contribution in [0, 0.1) is 0 Å². The predicted octanol–water partition coefficient (Wildman–Crippen LogP) is 1.60. The number of nitrogens with two attached hydrogens (primary N) is 1. The summed E-state index contributed by atoms with van der Waals surface area (Å²) >= 11 is 0. The molecule has 3 N–H and O–H groups in total. The lowest BCUT2D eigenvalue weighted by Crippen LogP contribution is -1.99. The van der Waals surface area contributed by atoms with Crippen molar-refractivity contribution in [3.63, 3.8) is 0 Å². The maximum absolute atomic E-state index is 5.44. The van der Waals surface area contributed by atoms with Gasteiger partial charge in [-0.15, -0.1) is 10.2 Å². The second-order valence-corrected chi connectivity index (χ2v) is 3.29. The highest BCUT2D eigenvalue weighted by Gasteiger charge is 1.98. The molecule has 2 rings (SSSR count). The van der Waals surface area contributed by atoms with Crippen molar-refractivity contribution < 1.29 is 4.74 Å². The molecule has 2 aromatic heterocycles. The van der Waals surface area contributed by atoms with Crippen LogP contribution in [0.1, 0.15) is 6.92 Å². The van der Waals surface area contributed by atoms with Crippen LogP contribution in [0.3, 0.4) is 0 Å². The van der Waals surface area contributed by atoms with E-state index in [2.05, 4.69) is 20.5 Å². The van der Waals surface area contributed by atoms with Crippen LogP contribution in [0.5, 0.6) is 5.88 Å². The van der Waals surface area contributed by atoms with Crippen LogP contribution in [0.25, 0.3) is 0 Å². The molecule has 0 unspecified atom stereocenters. The summed E-state index contributed by atoms with van der Waals surface area (Å²) < 4.78 is 5.24. The monoisotopic (exact) mass is 231 g/mol. The minimum absolute atomic E-state index is 0.389. The number of nitrogen functional groups attached to an aromatic ring is 1. The molecule has 0 atom stereocenters. The molecule has 0 spiro atoms. The molecular formula is C11H13N5O. The van der Waals surface area contributed by atoms with E-state index in [4.69, 9.17) is 10.5 Å². The molecule has 6 heteroatoms. The Morgan fingerprint density at radius 1 is 1.24 bits per heavy atom. The Hall–Kier alpha value is -2.37. The molecule has 6 nitrogen and oxygen atoms in total. The fraction of sp³-hybridized carbons (Fsp3) is 0.182. The van der Waals surface area contributed by atoms with Crippen LogP contribution in [-0.2, 0) is 0 Å². The van der Waals surface area contributed by atoms with Crippen molar-refractivity contribution in [2.75, 3.05) is 17.7 Å². The zero-order chi connectivity index (χ0) is 12.1. The van der Waals surface area contributed by atoms with Gasteiger partial charge in [-0.2, -0.15) is 0 Å². The van der Waals surface area contributed by atoms with E-state index in [1.54, 1.807) is 24.4 Å². The highest BCUT2D eigenvalue weighted by molar-refractivity contribution is 5.55. The number of pyridine rings is 1. The summed E-state index contributed by atoms with van der Waals surface area (Å²) in [5.41, 5.74) is 6.26. The number of anilines is 3. The van der Waals surface area contributed by atoms with Crippen molar-refractivity contribution in [1.29, 1.82) is 0 Å². The fourth-order valence-electron chi connectivity index (χ4n) is 1.24. The fourth-order valence-corrected chi connectivity index (χ4v) is 1.24. The number of nitrogens with zero attached hydrogens (tertiary/aromatic N) is 3. The Bertz CT molecular complexity index is 468. The van der Waals surface area contributed by atoms with Gasteiger partial charge in [0.1, 0.15) is 5.82 Å². The van der Waals surface area contributed by atoms with E-state index in [1.807, 2.05) is 13.0 Å². The van der Waals surface area contributed by atoms with Gasteiger partial charge in [-0.1, -0.05) is 0 Å². The number of aromatic nitrogens is 3. The van der Waals surface area contributed by atoms with Gasteiger partial charge in [0.25, 0.3) is 0 Å². The maximum atomic E-state index is 5.44. The first-order valence-electron chi connectivity index (χ1n) is 5.23. The standard InChI is InChI=1S/C11H13N5O/c1-2-17-11-6-3-8(7-13-11)14-10-5-4-9(12)15-16-10/h3-7H,2H2,1H3,(H2,12,15)(H,14,16). The lowest BCUT2D eigenvalue weighted by Gasteiger charge is -2.05. The average Bonchev–Trinajstić information content (AvgIpc) is 2.35. The third kappa shape index (κ3) is 3.04. The van der Waals surface area contributed by atoms with Gasteiger partial charge in [-0.3, -0.25) is 0 Å². The second kappa shape index (κ2) is 5.11. The first-order chi connectivity index (χ1) is 8.28. The Morgan fingerprint density at radius 3 is 2.71 bits per heavy atom. The third-order valence-corrected chi connectivity index (χ3v) is 1.99. The minimum atomic E-state index is 0.389. The summed E-state index contributed by atoms with van der Waals surface area (Å²) in [6.07, 6.45) is 1.67. The van der Waals surface area contributed by atoms with Gasteiger partial charge < -0.3 is 15.8 Å². The molecule has 0 fully saturated rings. The van der Waals surface area contributed by atoms with Gasteiger partial charge in [-0.05, 0) is 25.1 Å². The molecule has 0 aliphatic rings. The third-order valence-electron chi connectivity index (χ3n) is 1.99. The van der Waals surface area contributed by atoms with Crippen LogP contribution in [0.4, 0.5) is 17.3 Å². The summed E-state index contributed by atoms with van der Waals surface area (Å²) in [5.74, 6) is 1.60. The predicted molar refractivity (Wildman–Crippen MR) is 65.1 cm³/mol. The molecule has 17 heavy (non-hydrogen) atoms. The molecule has 2 aromatic rings. The van der Waals surface area contributed by atoms with Crippen molar-refractivity contribution in [1.82, 2.24) is 15.2 Å². The molecule has 88 valence electrons. The van der Waals surface area contributed by atoms with Gasteiger partial charge in [0.05, 0.1) is 18.5 Å². The van der Waals surface area contributed by atoms with E-state index in [9.17, 15) is 0 Å². The largest absolute Gasteiger partial charge is 0.478 e. The zero-order valence-electron chi connectivity index (χ0n) is 9.42. The van der Waals surface area contributed by atoms with Crippen molar-refractivity contribution in [2.24, 2.45) is 0 Å². The van der Waals surface area contributed by atoms with E-state index >= 15 is 0 Å². The summed E-state index contributed by atoms with van der Waals surface area (Å²) in [5, 5.41) is 10.7. The van der Waals surface area contributed by atoms with Crippen LogP contribution in [0.15, 0.2) is 30.5 Å². The molecule has 0 amide bonds. The molecule has 0 aliphatic heterocycles. The van der Waals surface area contributed by atoms with E-state index in [0.29, 0.717) is 24.1 Å². The van der Waals surface area contributed by atoms with Crippen molar-refractivity contribution >= 4 is 17.3 Å². The maximum Gasteiger partial charge on any atom is 0.213 e. The SMILES string of the molecule is CCOc1ccc(Nc2ccc(N)nn2)cn1. The van der Waals surface area contributed by atoms with Crippen LogP contribution in [-0.4, -0.2) is 21.8 Å². The van der Waals surface area contributed by atoms with Gasteiger partial charge >= 0.3 is 0 Å². The smallest absolute Gasteiger partial charge is 0.213 e. The van der Waals surface area contributed by atoms with E-state index in [-0.39, 0.29) is 0 Å². The number of hydrogen-bond acceptors (Lipinski definition) is 6. The van der Waals surface area contributed by atoms with Crippen molar-refractivity contribution in [3.8, 4) is 5.88 Å². The quantitative estimate of drug-likeness (QED) is 0.831. The topological polar surface area (TPSA) is 86.0 Å². The van der Waals surface area contributed by atoms with Crippen molar-refractivity contribution in [3.05, 3.63) is 30.5 Å². The Labute approximate surface area is 98.8 Å². The van der Waals surface area contributed by atoms with E-state index < -0.39 is 0 Å². The highest BCUT2D eigenvalue weighted by Crippen LogP contribution is 2.15. The van der Waals surface area contributed by atoms with Crippen LogP contribution >= 0.6 is 0 Å². The first kappa shape index (κ1) is 11.1. The molecular weight excluding hydrogens is 218 g/mol. The van der Waals surface area contributed by atoms with Gasteiger partial charge in [0.15, 0.2) is 5.82 Å². The van der Waals surface area contributed by atoms with E-state index in [0.717, 1.165) is 5.69 Å². The lowest BCUT2D eigenvalue weighted by atomic mass is 10.4.